The summed E-state index contributed by atoms with van der Waals surface area (Å²) in [4.78, 5) is 41.0. The van der Waals surface area contributed by atoms with Crippen LogP contribution in [-0.2, 0) is 14.4 Å². The second-order valence-electron chi connectivity index (χ2n) is 10.5. The highest BCUT2D eigenvalue weighted by Crippen LogP contribution is 2.36. The number of unbranched alkanes of at least 4 members (excludes halogenated alkanes) is 2. The highest BCUT2D eigenvalue weighted by molar-refractivity contribution is 6.23. The van der Waals surface area contributed by atoms with E-state index in [1.165, 1.54) is 0 Å². The summed E-state index contributed by atoms with van der Waals surface area (Å²) >= 11 is 0. The van der Waals surface area contributed by atoms with Crippen LogP contribution in [-0.4, -0.2) is 58.8 Å². The Morgan fingerprint density at radius 1 is 1.12 bits per heavy atom. The first kappa shape index (κ1) is 29.8. The van der Waals surface area contributed by atoms with Crippen LogP contribution in [0.5, 0.6) is 0 Å². The number of allylic oxidation sites excluding steroid dienone is 2. The normalized spacial score (nSPS) is 18.2. The molecule has 0 saturated heterocycles. The average Bonchev–Trinajstić information content (AvgIpc) is 2.70. The number of hydrogen-bond donors (Lipinski definition) is 5. The van der Waals surface area contributed by atoms with E-state index in [-0.39, 0.29) is 22.9 Å². The molecule has 0 heterocycles. The molecule has 0 unspecified atom stereocenters. The number of rotatable bonds is 15. The van der Waals surface area contributed by atoms with E-state index in [9.17, 15) is 24.6 Å². The number of carboxylic acid groups (broad SMARTS) is 1. The minimum absolute atomic E-state index is 0.0636. The monoisotopic (exact) mass is 480 g/mol. The summed E-state index contributed by atoms with van der Waals surface area (Å²) < 4.78 is 0. The fourth-order valence-corrected chi connectivity index (χ4v) is 4.10. The number of carboxylic acids is 1. The molecule has 0 aromatic heterocycles. The Morgan fingerprint density at radius 3 is 2.32 bits per heavy atom. The van der Waals surface area contributed by atoms with Crippen LogP contribution in [0.2, 0.25) is 0 Å². The van der Waals surface area contributed by atoms with Crippen LogP contribution in [0, 0.1) is 11.3 Å². The van der Waals surface area contributed by atoms with Crippen LogP contribution < -0.4 is 16.8 Å². The average molecular weight is 481 g/mol. The number of amides is 1. The van der Waals surface area contributed by atoms with Crippen molar-refractivity contribution in [2.45, 2.75) is 97.6 Å². The summed E-state index contributed by atoms with van der Waals surface area (Å²) in [6, 6.07) is -1.77. The van der Waals surface area contributed by atoms with Crippen molar-refractivity contribution in [3.63, 3.8) is 0 Å². The van der Waals surface area contributed by atoms with E-state index >= 15 is 0 Å². The largest absolute Gasteiger partial charge is 0.511 e. The van der Waals surface area contributed by atoms with Gasteiger partial charge < -0.3 is 27.0 Å². The lowest BCUT2D eigenvalue weighted by Gasteiger charge is -2.30. The number of aliphatic hydroxyl groups is 1. The van der Waals surface area contributed by atoms with Gasteiger partial charge in [-0.05, 0) is 62.8 Å². The van der Waals surface area contributed by atoms with Gasteiger partial charge in [-0.3, -0.25) is 14.6 Å². The second kappa shape index (κ2) is 14.2. The van der Waals surface area contributed by atoms with Gasteiger partial charge in [0.05, 0.1) is 11.6 Å². The molecule has 7 N–H and O–H groups in total. The van der Waals surface area contributed by atoms with E-state index in [1.54, 1.807) is 0 Å². The first-order valence-electron chi connectivity index (χ1n) is 12.4. The molecular formula is C25H44N4O5. The Kier molecular flexibility index (Phi) is 12.4. The van der Waals surface area contributed by atoms with Crippen molar-refractivity contribution in [2.75, 3.05) is 13.1 Å². The van der Waals surface area contributed by atoms with E-state index < -0.39 is 24.0 Å². The second-order valence-corrected chi connectivity index (χ2v) is 10.5. The third-order valence-corrected chi connectivity index (χ3v) is 5.87. The zero-order valence-electron chi connectivity index (χ0n) is 21.2. The zero-order valence-corrected chi connectivity index (χ0v) is 21.2. The summed E-state index contributed by atoms with van der Waals surface area (Å²) in [5, 5.41) is 22.3. The van der Waals surface area contributed by atoms with Gasteiger partial charge in [-0.15, -0.1) is 0 Å². The SMILES string of the molecule is CC(C)CC(=NCCCC[C@H](N)C(=O)N[C@@H](CCCCN)C(=O)O)C1=C(O)CC(C)(C)CC1=O. The van der Waals surface area contributed by atoms with Crippen molar-refractivity contribution in [2.24, 2.45) is 27.8 Å². The van der Waals surface area contributed by atoms with E-state index in [4.69, 9.17) is 11.5 Å². The molecule has 0 aliphatic heterocycles. The number of carbonyl (C=O) groups is 3. The van der Waals surface area contributed by atoms with Gasteiger partial charge in [0.15, 0.2) is 5.78 Å². The molecule has 0 radical (unpaired) electrons. The number of nitrogens with two attached hydrogens (primary N) is 2. The van der Waals surface area contributed by atoms with E-state index in [1.807, 2.05) is 27.7 Å². The Morgan fingerprint density at radius 2 is 1.76 bits per heavy atom. The Labute approximate surface area is 203 Å². The van der Waals surface area contributed by atoms with Crippen LogP contribution in [0.4, 0.5) is 0 Å². The van der Waals surface area contributed by atoms with Gasteiger partial charge in [-0.2, -0.15) is 0 Å². The lowest BCUT2D eigenvalue weighted by molar-refractivity contribution is -0.142. The number of Topliss-reactive ketones (excluding diaryl/α,β-unsaturated/α-hetero) is 1. The van der Waals surface area contributed by atoms with Gasteiger partial charge in [0, 0.05) is 25.1 Å². The van der Waals surface area contributed by atoms with Gasteiger partial charge in [-0.25, -0.2) is 4.79 Å². The maximum absolute atomic E-state index is 12.7. The fourth-order valence-electron chi connectivity index (χ4n) is 4.10. The molecule has 1 amide bonds. The first-order valence-corrected chi connectivity index (χ1v) is 12.4. The molecule has 0 spiro atoms. The van der Waals surface area contributed by atoms with Crippen molar-refractivity contribution in [3.8, 4) is 0 Å². The number of aliphatic hydroxyl groups excluding tert-OH is 1. The number of carbonyl (C=O) groups excluding carboxylic acids is 2. The van der Waals surface area contributed by atoms with Crippen molar-refractivity contribution in [1.29, 1.82) is 0 Å². The first-order chi connectivity index (χ1) is 15.9. The number of ketones is 1. The van der Waals surface area contributed by atoms with Gasteiger partial charge >= 0.3 is 5.97 Å². The third kappa shape index (κ3) is 10.3. The minimum atomic E-state index is -1.08. The molecule has 1 aliphatic carbocycles. The quantitative estimate of drug-likeness (QED) is 0.177. The van der Waals surface area contributed by atoms with Gasteiger partial charge in [0.25, 0.3) is 0 Å². The van der Waals surface area contributed by atoms with Crippen LogP contribution in [0.25, 0.3) is 0 Å². The van der Waals surface area contributed by atoms with Gasteiger partial charge in [-0.1, -0.05) is 27.7 Å². The highest BCUT2D eigenvalue weighted by Gasteiger charge is 2.35. The van der Waals surface area contributed by atoms with Gasteiger partial charge in [0.2, 0.25) is 5.91 Å². The molecule has 0 aromatic rings. The summed E-state index contributed by atoms with van der Waals surface area (Å²) in [5.74, 6) is -1.21. The van der Waals surface area contributed by atoms with Crippen molar-refractivity contribution >= 4 is 23.4 Å². The molecule has 34 heavy (non-hydrogen) atoms. The predicted molar refractivity (Wildman–Crippen MR) is 134 cm³/mol. The zero-order chi connectivity index (χ0) is 25.9. The van der Waals surface area contributed by atoms with E-state index in [0.29, 0.717) is 82.2 Å². The van der Waals surface area contributed by atoms with E-state index in [0.717, 1.165) is 0 Å². The fraction of sp³-hybridized carbons (Fsp3) is 0.760. The summed E-state index contributed by atoms with van der Waals surface area (Å²) in [7, 11) is 0. The molecule has 9 heteroatoms. The number of nitrogens with zero attached hydrogens (tertiary/aromatic N) is 1. The summed E-state index contributed by atoms with van der Waals surface area (Å²) in [6.07, 6.45) is 4.77. The number of aliphatic imine (C=N–C) groups is 1. The molecule has 0 aromatic carbocycles. The lowest BCUT2D eigenvalue weighted by Crippen LogP contribution is -2.48. The maximum Gasteiger partial charge on any atom is 0.326 e. The van der Waals surface area contributed by atoms with Crippen LogP contribution in [0.15, 0.2) is 16.3 Å². The molecule has 0 fully saturated rings. The van der Waals surface area contributed by atoms with Gasteiger partial charge in [0.1, 0.15) is 11.8 Å². The van der Waals surface area contributed by atoms with Crippen molar-refractivity contribution in [3.05, 3.63) is 11.3 Å². The lowest BCUT2D eigenvalue weighted by atomic mass is 9.75. The summed E-state index contributed by atoms with van der Waals surface area (Å²) in [5.41, 5.74) is 12.2. The molecule has 9 nitrogen and oxygen atoms in total. The van der Waals surface area contributed by atoms with Crippen molar-refractivity contribution in [1.82, 2.24) is 5.32 Å². The summed E-state index contributed by atoms with van der Waals surface area (Å²) in [6.45, 7) is 8.96. The Hall–Kier alpha value is -2.26. The number of hydrogen-bond acceptors (Lipinski definition) is 7. The maximum atomic E-state index is 12.7. The Bertz CT molecular complexity index is 773. The smallest absolute Gasteiger partial charge is 0.326 e. The molecule has 0 bridgehead atoms. The topological polar surface area (TPSA) is 168 Å². The molecule has 0 saturated carbocycles. The van der Waals surface area contributed by atoms with E-state index in [2.05, 4.69) is 10.3 Å². The molecule has 194 valence electrons. The van der Waals surface area contributed by atoms with Crippen LogP contribution >= 0.6 is 0 Å². The standard InChI is InChI=1S/C25H44N4O5/c1-16(2)13-19(22-20(30)14-25(3,4)15-21(22)31)28-12-8-6-9-17(27)23(32)29-18(24(33)34)10-5-7-11-26/h16-18,30H,5-15,26-27H2,1-4H3,(H,29,32)(H,33,34)/t17-,18-/m0/s1. The van der Waals surface area contributed by atoms with Crippen LogP contribution in [0.1, 0.15) is 85.5 Å². The number of nitrogens with one attached hydrogen (secondary N) is 1. The minimum Gasteiger partial charge on any atom is -0.511 e. The molecule has 1 rings (SSSR count). The number of aliphatic carboxylic acids is 1. The molecular weight excluding hydrogens is 436 g/mol. The van der Waals surface area contributed by atoms with Crippen LogP contribution in [0.3, 0.4) is 0 Å². The third-order valence-electron chi connectivity index (χ3n) is 5.87. The predicted octanol–water partition coefficient (Wildman–Crippen LogP) is 2.87. The highest BCUT2D eigenvalue weighted by atomic mass is 16.4. The molecule has 1 aliphatic rings. The van der Waals surface area contributed by atoms with Crippen molar-refractivity contribution < 1.29 is 24.6 Å². The molecule has 2 atom stereocenters. The Balaban J connectivity index is 2.63.